The summed E-state index contributed by atoms with van der Waals surface area (Å²) < 4.78 is 0. The maximum atomic E-state index is 12.3. The number of unbranched alkanes of at least 4 members (excludes halogenated alkanes) is 28. The highest BCUT2D eigenvalue weighted by Gasteiger charge is 2.17. The summed E-state index contributed by atoms with van der Waals surface area (Å²) >= 11 is 0. The van der Waals surface area contributed by atoms with Crippen molar-refractivity contribution in [3.63, 3.8) is 0 Å². The molecular weight excluding hydrogens is 639 g/mol. The van der Waals surface area contributed by atoms with Gasteiger partial charge in [0, 0.05) is 6.42 Å². The molecule has 0 fully saturated rings. The summed E-state index contributed by atoms with van der Waals surface area (Å²) in [6, 6.07) is -0.643. The van der Waals surface area contributed by atoms with Crippen molar-refractivity contribution in [2.75, 3.05) is 6.61 Å². The zero-order chi connectivity index (χ0) is 37.8. The maximum absolute atomic E-state index is 12.3. The Hall–Kier alpha value is -1.65. The number of rotatable bonds is 41. The van der Waals surface area contributed by atoms with Gasteiger partial charge in [0.1, 0.15) is 0 Å². The number of aliphatic hydroxyl groups is 2. The number of amides is 1. The predicted molar refractivity (Wildman–Crippen MR) is 230 cm³/mol. The summed E-state index contributed by atoms with van der Waals surface area (Å²) in [5.74, 6) is -0.0800. The SMILES string of the molecule is CC/C=C/CC/C=C/CC/C=C/C(O)C(CO)NC(=O)CCCCCCCCCCCCCCCC/C=C\CCCCCCCCCCCCCC. The molecule has 304 valence electrons. The van der Waals surface area contributed by atoms with E-state index >= 15 is 0 Å². The van der Waals surface area contributed by atoms with Crippen molar-refractivity contribution in [2.45, 2.75) is 244 Å². The fourth-order valence-electron chi connectivity index (χ4n) is 6.80. The third-order valence-electron chi connectivity index (χ3n) is 10.3. The maximum Gasteiger partial charge on any atom is 0.220 e. The van der Waals surface area contributed by atoms with E-state index in [1.807, 2.05) is 6.08 Å². The first-order valence-electron chi connectivity index (χ1n) is 22.9. The molecule has 4 nitrogen and oxygen atoms in total. The third-order valence-corrected chi connectivity index (χ3v) is 10.3. The van der Waals surface area contributed by atoms with Gasteiger partial charge in [-0.25, -0.2) is 0 Å². The average molecular weight is 728 g/mol. The van der Waals surface area contributed by atoms with Crippen molar-refractivity contribution in [3.05, 3.63) is 48.6 Å². The van der Waals surface area contributed by atoms with E-state index < -0.39 is 12.1 Å². The van der Waals surface area contributed by atoms with Gasteiger partial charge in [0.05, 0.1) is 18.8 Å². The number of nitrogens with one attached hydrogen (secondary N) is 1. The number of carbonyl (C=O) groups is 1. The Morgan fingerprint density at radius 2 is 0.808 bits per heavy atom. The van der Waals surface area contributed by atoms with E-state index in [0.717, 1.165) is 44.9 Å². The quantitative estimate of drug-likeness (QED) is 0.0434. The Morgan fingerprint density at radius 1 is 0.462 bits per heavy atom. The molecule has 0 radical (unpaired) electrons. The lowest BCUT2D eigenvalue weighted by atomic mass is 10.0. The van der Waals surface area contributed by atoms with Gasteiger partial charge in [-0.05, 0) is 64.2 Å². The van der Waals surface area contributed by atoms with Gasteiger partial charge in [0.25, 0.3) is 0 Å². The number of aliphatic hydroxyl groups excluding tert-OH is 2. The number of hydrogen-bond acceptors (Lipinski definition) is 3. The molecule has 3 N–H and O–H groups in total. The highest BCUT2D eigenvalue weighted by atomic mass is 16.3. The lowest BCUT2D eigenvalue weighted by Crippen LogP contribution is -2.45. The van der Waals surface area contributed by atoms with Crippen LogP contribution in [0.2, 0.25) is 0 Å². The molecule has 0 spiro atoms. The summed E-state index contributed by atoms with van der Waals surface area (Å²) in [5.41, 5.74) is 0. The Balaban J connectivity index is 3.45. The number of hydrogen-bond donors (Lipinski definition) is 3. The minimum atomic E-state index is -0.867. The van der Waals surface area contributed by atoms with E-state index in [1.165, 1.54) is 167 Å². The van der Waals surface area contributed by atoms with Crippen LogP contribution in [-0.2, 0) is 4.79 Å². The van der Waals surface area contributed by atoms with Crippen LogP contribution in [0.5, 0.6) is 0 Å². The van der Waals surface area contributed by atoms with Crippen LogP contribution in [0.15, 0.2) is 48.6 Å². The van der Waals surface area contributed by atoms with Crippen LogP contribution in [0, 0.1) is 0 Å². The zero-order valence-electron chi connectivity index (χ0n) is 34.8. The van der Waals surface area contributed by atoms with Crippen LogP contribution in [-0.4, -0.2) is 34.9 Å². The van der Waals surface area contributed by atoms with E-state index in [1.54, 1.807) is 6.08 Å². The molecule has 0 aromatic rings. The van der Waals surface area contributed by atoms with Gasteiger partial charge in [0.2, 0.25) is 5.91 Å². The van der Waals surface area contributed by atoms with Crippen molar-refractivity contribution in [3.8, 4) is 0 Å². The minimum Gasteiger partial charge on any atom is -0.394 e. The Morgan fingerprint density at radius 3 is 1.21 bits per heavy atom. The Bertz CT molecular complexity index is 831. The average Bonchev–Trinajstić information content (AvgIpc) is 3.15. The molecule has 2 unspecified atom stereocenters. The summed E-state index contributed by atoms with van der Waals surface area (Å²) in [6.07, 6.45) is 59.7. The zero-order valence-corrected chi connectivity index (χ0v) is 34.8. The first-order chi connectivity index (χ1) is 25.7. The number of allylic oxidation sites excluding steroid dienone is 7. The highest BCUT2D eigenvalue weighted by molar-refractivity contribution is 5.76. The second-order valence-corrected chi connectivity index (χ2v) is 15.4. The molecule has 0 aliphatic carbocycles. The molecule has 0 aromatic carbocycles. The van der Waals surface area contributed by atoms with Gasteiger partial charge in [-0.3, -0.25) is 4.79 Å². The van der Waals surface area contributed by atoms with Crippen molar-refractivity contribution in [1.29, 1.82) is 0 Å². The van der Waals surface area contributed by atoms with Crippen LogP contribution in [0.25, 0.3) is 0 Å². The van der Waals surface area contributed by atoms with E-state index in [9.17, 15) is 15.0 Å². The summed E-state index contributed by atoms with van der Waals surface area (Å²) in [7, 11) is 0. The standard InChI is InChI=1S/C48H89NO3/c1-3-5-7-9-11-13-15-16-17-18-19-20-21-22-23-24-25-26-27-28-29-30-31-32-33-34-36-38-40-42-44-48(52)49-46(45-50)47(51)43-41-39-37-35-14-12-10-8-6-4-2/h6,8,14,22-23,35,41,43,46-47,50-51H,3-5,7,9-13,15-21,24-34,36-40,42,44-45H2,1-2H3,(H,49,52)/b8-6+,23-22-,35-14+,43-41+. The van der Waals surface area contributed by atoms with E-state index in [-0.39, 0.29) is 12.5 Å². The monoisotopic (exact) mass is 728 g/mol. The Labute approximate surface area is 324 Å². The second-order valence-electron chi connectivity index (χ2n) is 15.4. The normalized spacial score (nSPS) is 13.4. The van der Waals surface area contributed by atoms with Crippen molar-refractivity contribution in [1.82, 2.24) is 5.32 Å². The van der Waals surface area contributed by atoms with Crippen molar-refractivity contribution >= 4 is 5.91 Å². The molecule has 0 bridgehead atoms. The van der Waals surface area contributed by atoms with Crippen LogP contribution in [0.1, 0.15) is 232 Å². The number of carbonyl (C=O) groups excluding carboxylic acids is 1. The third kappa shape index (κ3) is 39.6. The van der Waals surface area contributed by atoms with E-state index in [0.29, 0.717) is 6.42 Å². The van der Waals surface area contributed by atoms with Gasteiger partial charge >= 0.3 is 0 Å². The van der Waals surface area contributed by atoms with Crippen LogP contribution in [0.3, 0.4) is 0 Å². The largest absolute Gasteiger partial charge is 0.394 e. The van der Waals surface area contributed by atoms with Crippen molar-refractivity contribution < 1.29 is 15.0 Å². The molecule has 0 saturated carbocycles. The minimum absolute atomic E-state index is 0.0800. The van der Waals surface area contributed by atoms with Gasteiger partial charge in [0.15, 0.2) is 0 Å². The second kappa shape index (κ2) is 43.8. The molecule has 0 saturated heterocycles. The lowest BCUT2D eigenvalue weighted by molar-refractivity contribution is -0.123. The first kappa shape index (κ1) is 50.4. The van der Waals surface area contributed by atoms with E-state index in [2.05, 4.69) is 55.6 Å². The van der Waals surface area contributed by atoms with Gasteiger partial charge in [-0.1, -0.05) is 210 Å². The molecule has 52 heavy (non-hydrogen) atoms. The lowest BCUT2D eigenvalue weighted by Gasteiger charge is -2.19. The fourth-order valence-corrected chi connectivity index (χ4v) is 6.80. The molecule has 1 amide bonds. The van der Waals surface area contributed by atoms with Crippen LogP contribution in [0.4, 0.5) is 0 Å². The molecule has 0 heterocycles. The highest BCUT2D eigenvalue weighted by Crippen LogP contribution is 2.15. The predicted octanol–water partition coefficient (Wildman–Crippen LogP) is 14.4. The molecule has 0 aliphatic rings. The fraction of sp³-hybridized carbons (Fsp3) is 0.812. The van der Waals surface area contributed by atoms with E-state index in [4.69, 9.17) is 0 Å². The molecular formula is C48H89NO3. The Kier molecular flexibility index (Phi) is 42.4. The molecule has 0 rings (SSSR count). The van der Waals surface area contributed by atoms with Crippen molar-refractivity contribution in [2.24, 2.45) is 0 Å². The summed E-state index contributed by atoms with van der Waals surface area (Å²) in [6.45, 7) is 4.18. The molecule has 0 aliphatic heterocycles. The topological polar surface area (TPSA) is 69.6 Å². The molecule has 0 aromatic heterocycles. The molecule has 4 heteroatoms. The molecule has 2 atom stereocenters. The van der Waals surface area contributed by atoms with Crippen LogP contribution >= 0.6 is 0 Å². The summed E-state index contributed by atoms with van der Waals surface area (Å²) in [4.78, 5) is 12.3. The van der Waals surface area contributed by atoms with Gasteiger partial charge < -0.3 is 15.5 Å². The smallest absolute Gasteiger partial charge is 0.220 e. The summed E-state index contributed by atoms with van der Waals surface area (Å²) in [5, 5.41) is 22.9. The van der Waals surface area contributed by atoms with Gasteiger partial charge in [-0.2, -0.15) is 0 Å². The van der Waals surface area contributed by atoms with Crippen LogP contribution < -0.4 is 5.32 Å². The van der Waals surface area contributed by atoms with Gasteiger partial charge in [-0.15, -0.1) is 0 Å². The first-order valence-corrected chi connectivity index (χ1v) is 22.9.